The van der Waals surface area contributed by atoms with E-state index in [2.05, 4.69) is 25.7 Å². The van der Waals surface area contributed by atoms with Crippen LogP contribution in [0.1, 0.15) is 52.9 Å². The van der Waals surface area contributed by atoms with Crippen molar-refractivity contribution in [3.05, 3.63) is 0 Å². The minimum atomic E-state index is 0.377. The minimum Gasteiger partial charge on any atom is -0.327 e. The molecule has 0 radical (unpaired) electrons. The van der Waals surface area contributed by atoms with Gasteiger partial charge in [-0.2, -0.15) is 0 Å². The molecule has 0 spiro atoms. The quantitative estimate of drug-likeness (QED) is 0.670. The first kappa shape index (κ1) is 13.0. The molecule has 2 heteroatoms. The summed E-state index contributed by atoms with van der Waals surface area (Å²) in [6.45, 7) is 9.15. The molecule has 1 rings (SSSR count). The summed E-state index contributed by atoms with van der Waals surface area (Å²) >= 11 is 0. The van der Waals surface area contributed by atoms with Crippen LogP contribution in [-0.4, -0.2) is 30.1 Å². The average Bonchev–Trinajstić information content (AvgIpc) is 2.93. The zero-order valence-corrected chi connectivity index (χ0v) is 10.7. The second-order valence-corrected chi connectivity index (χ2v) is 5.47. The molecule has 2 N–H and O–H groups in total. The molecule has 0 aromatic heterocycles. The van der Waals surface area contributed by atoms with Crippen LogP contribution in [0.4, 0.5) is 0 Å². The van der Waals surface area contributed by atoms with E-state index in [1.54, 1.807) is 0 Å². The lowest BCUT2D eigenvalue weighted by Gasteiger charge is -2.26. The van der Waals surface area contributed by atoms with Crippen molar-refractivity contribution < 1.29 is 0 Å². The lowest BCUT2D eigenvalue weighted by atomic mass is 10.0. The topological polar surface area (TPSA) is 29.3 Å². The van der Waals surface area contributed by atoms with Crippen LogP contribution in [0.25, 0.3) is 0 Å². The van der Waals surface area contributed by atoms with Gasteiger partial charge >= 0.3 is 0 Å². The minimum absolute atomic E-state index is 0.377. The van der Waals surface area contributed by atoms with Gasteiger partial charge < -0.3 is 5.73 Å². The molecular formula is C13H28N2. The van der Waals surface area contributed by atoms with Crippen molar-refractivity contribution in [3.8, 4) is 0 Å². The summed E-state index contributed by atoms with van der Waals surface area (Å²) in [6.07, 6.45) is 6.58. The Bertz CT molecular complexity index is 164. The van der Waals surface area contributed by atoms with Crippen molar-refractivity contribution in [3.63, 3.8) is 0 Å². The maximum Gasteiger partial charge on any atom is 0.0170 e. The zero-order valence-electron chi connectivity index (χ0n) is 10.7. The lowest BCUT2D eigenvalue weighted by molar-refractivity contribution is 0.233. The molecule has 0 heterocycles. The van der Waals surface area contributed by atoms with E-state index in [1.165, 1.54) is 32.2 Å². The van der Waals surface area contributed by atoms with Crippen LogP contribution in [0.15, 0.2) is 0 Å². The van der Waals surface area contributed by atoms with E-state index in [1.807, 2.05) is 0 Å². The van der Waals surface area contributed by atoms with Crippen molar-refractivity contribution in [2.24, 2.45) is 11.7 Å². The molecule has 0 bridgehead atoms. The molecule has 1 atom stereocenters. The summed E-state index contributed by atoms with van der Waals surface area (Å²) in [5, 5.41) is 0. The molecule has 90 valence electrons. The Kier molecular flexibility index (Phi) is 5.62. The van der Waals surface area contributed by atoms with Crippen LogP contribution in [0.2, 0.25) is 0 Å². The second kappa shape index (κ2) is 6.49. The van der Waals surface area contributed by atoms with Gasteiger partial charge in [0.05, 0.1) is 0 Å². The highest BCUT2D eigenvalue weighted by atomic mass is 15.2. The Hall–Kier alpha value is -0.0800. The van der Waals surface area contributed by atoms with Crippen LogP contribution in [0.3, 0.4) is 0 Å². The van der Waals surface area contributed by atoms with Crippen molar-refractivity contribution in [1.29, 1.82) is 0 Å². The molecule has 0 aliphatic heterocycles. The summed E-state index contributed by atoms with van der Waals surface area (Å²) in [4.78, 5) is 2.62. The Labute approximate surface area is 95.2 Å². The van der Waals surface area contributed by atoms with E-state index in [4.69, 9.17) is 5.73 Å². The number of unbranched alkanes of at least 4 members (excludes halogenated alkanes) is 1. The molecular weight excluding hydrogens is 184 g/mol. The zero-order chi connectivity index (χ0) is 11.3. The fourth-order valence-electron chi connectivity index (χ4n) is 2.21. The third-order valence-electron chi connectivity index (χ3n) is 3.11. The molecule has 0 aromatic rings. The summed E-state index contributed by atoms with van der Waals surface area (Å²) in [5.74, 6) is 0.729. The van der Waals surface area contributed by atoms with Gasteiger partial charge in [0.25, 0.3) is 0 Å². The molecule has 2 nitrogen and oxygen atoms in total. The molecule has 0 amide bonds. The van der Waals surface area contributed by atoms with Crippen LogP contribution < -0.4 is 5.73 Å². The Morgan fingerprint density at radius 1 is 1.33 bits per heavy atom. The highest BCUT2D eigenvalue weighted by Gasteiger charge is 2.29. The molecule has 1 aliphatic rings. The number of nitrogens with zero attached hydrogens (tertiary/aromatic N) is 1. The maximum absolute atomic E-state index is 6.17. The van der Waals surface area contributed by atoms with Crippen molar-refractivity contribution >= 4 is 0 Å². The number of hydrogen-bond donors (Lipinski definition) is 1. The summed E-state index contributed by atoms with van der Waals surface area (Å²) < 4.78 is 0. The van der Waals surface area contributed by atoms with Crippen LogP contribution in [0, 0.1) is 5.92 Å². The Morgan fingerprint density at radius 3 is 2.47 bits per heavy atom. The predicted octanol–water partition coefficient (Wildman–Crippen LogP) is 2.62. The van der Waals surface area contributed by atoms with E-state index in [0.717, 1.165) is 24.9 Å². The molecule has 15 heavy (non-hydrogen) atoms. The first-order chi connectivity index (χ1) is 7.13. The van der Waals surface area contributed by atoms with Gasteiger partial charge in [0.2, 0.25) is 0 Å². The standard InChI is InChI=1S/C13H28N2/c1-4-5-8-15(13-6-7-13)10-12(14)9-11(2)3/h11-13H,4-10,14H2,1-3H3. The molecule has 1 unspecified atom stereocenters. The Morgan fingerprint density at radius 2 is 2.00 bits per heavy atom. The smallest absolute Gasteiger partial charge is 0.0170 e. The summed E-state index contributed by atoms with van der Waals surface area (Å²) in [7, 11) is 0. The monoisotopic (exact) mass is 212 g/mol. The highest BCUT2D eigenvalue weighted by Crippen LogP contribution is 2.27. The summed E-state index contributed by atoms with van der Waals surface area (Å²) in [5.41, 5.74) is 6.17. The van der Waals surface area contributed by atoms with Crippen LogP contribution in [0.5, 0.6) is 0 Å². The van der Waals surface area contributed by atoms with Gasteiger partial charge in [0.1, 0.15) is 0 Å². The number of rotatable bonds is 8. The van der Waals surface area contributed by atoms with E-state index >= 15 is 0 Å². The predicted molar refractivity (Wildman–Crippen MR) is 66.9 cm³/mol. The lowest BCUT2D eigenvalue weighted by Crippen LogP contribution is -2.40. The normalized spacial score (nSPS) is 18.8. The fourth-order valence-corrected chi connectivity index (χ4v) is 2.21. The number of hydrogen-bond acceptors (Lipinski definition) is 2. The van der Waals surface area contributed by atoms with Gasteiger partial charge in [-0.3, -0.25) is 4.90 Å². The fraction of sp³-hybridized carbons (Fsp3) is 1.00. The van der Waals surface area contributed by atoms with Crippen molar-refractivity contribution in [2.75, 3.05) is 13.1 Å². The SMILES string of the molecule is CCCCN(CC(N)CC(C)C)C1CC1. The van der Waals surface area contributed by atoms with E-state index in [-0.39, 0.29) is 0 Å². The summed E-state index contributed by atoms with van der Waals surface area (Å²) in [6, 6.07) is 1.25. The number of nitrogens with two attached hydrogens (primary N) is 1. The first-order valence-electron chi connectivity index (χ1n) is 6.63. The molecule has 1 aliphatic carbocycles. The molecule has 1 fully saturated rings. The Balaban J connectivity index is 2.23. The first-order valence-corrected chi connectivity index (χ1v) is 6.63. The van der Waals surface area contributed by atoms with Gasteiger partial charge in [-0.05, 0) is 38.1 Å². The maximum atomic E-state index is 6.17. The van der Waals surface area contributed by atoms with Gasteiger partial charge in [-0.25, -0.2) is 0 Å². The van der Waals surface area contributed by atoms with Crippen LogP contribution >= 0.6 is 0 Å². The van der Waals surface area contributed by atoms with Crippen LogP contribution in [-0.2, 0) is 0 Å². The molecule has 1 saturated carbocycles. The third-order valence-corrected chi connectivity index (χ3v) is 3.11. The van der Waals surface area contributed by atoms with Gasteiger partial charge in [0, 0.05) is 18.6 Å². The molecule has 0 aromatic carbocycles. The van der Waals surface area contributed by atoms with Crippen molar-refractivity contribution in [1.82, 2.24) is 4.90 Å². The van der Waals surface area contributed by atoms with Crippen molar-refractivity contribution in [2.45, 2.75) is 65.0 Å². The second-order valence-electron chi connectivity index (χ2n) is 5.47. The van der Waals surface area contributed by atoms with Gasteiger partial charge in [-0.1, -0.05) is 27.2 Å². The highest BCUT2D eigenvalue weighted by molar-refractivity contribution is 4.86. The van der Waals surface area contributed by atoms with Gasteiger partial charge in [0.15, 0.2) is 0 Å². The van der Waals surface area contributed by atoms with E-state index in [9.17, 15) is 0 Å². The van der Waals surface area contributed by atoms with E-state index in [0.29, 0.717) is 6.04 Å². The average molecular weight is 212 g/mol. The van der Waals surface area contributed by atoms with E-state index < -0.39 is 0 Å². The molecule has 0 saturated heterocycles. The largest absolute Gasteiger partial charge is 0.327 e. The van der Waals surface area contributed by atoms with Gasteiger partial charge in [-0.15, -0.1) is 0 Å². The third kappa shape index (κ3) is 5.53.